The van der Waals surface area contributed by atoms with Crippen molar-refractivity contribution in [1.29, 1.82) is 0 Å². The first-order valence-electron chi connectivity index (χ1n) is 14.4. The highest BCUT2D eigenvalue weighted by molar-refractivity contribution is 5.89. The highest BCUT2D eigenvalue weighted by atomic mass is 16.1. The normalized spacial score (nSPS) is 19.2. The third-order valence-corrected chi connectivity index (χ3v) is 9.02. The van der Waals surface area contributed by atoms with Crippen molar-refractivity contribution >= 4 is 22.8 Å². The van der Waals surface area contributed by atoms with E-state index in [0.29, 0.717) is 10.4 Å². The van der Waals surface area contributed by atoms with E-state index in [1.807, 2.05) is 0 Å². The smallest absolute Gasteiger partial charge is 0.204 e. The summed E-state index contributed by atoms with van der Waals surface area (Å²) >= 11 is 0. The molecule has 2 aliphatic heterocycles. The second-order valence-electron chi connectivity index (χ2n) is 12.4. The Balaban J connectivity index is 1.85. The lowest BCUT2D eigenvalue weighted by atomic mass is 9.80. The first-order valence-corrected chi connectivity index (χ1v) is 14.4. The molecule has 0 aromatic heterocycles. The van der Waals surface area contributed by atoms with E-state index in [1.54, 1.807) is 0 Å². The molecule has 3 aromatic carbocycles. The summed E-state index contributed by atoms with van der Waals surface area (Å²) in [5.41, 5.74) is 5.30. The number of nitrogens with zero attached hydrogens (tertiary/aromatic N) is 2. The van der Waals surface area contributed by atoms with E-state index >= 15 is 0 Å². The van der Waals surface area contributed by atoms with Crippen molar-refractivity contribution in [3.63, 3.8) is 0 Å². The van der Waals surface area contributed by atoms with E-state index in [4.69, 9.17) is 0 Å². The van der Waals surface area contributed by atoms with Crippen LogP contribution in [0.1, 0.15) is 92.2 Å². The van der Waals surface area contributed by atoms with Crippen LogP contribution in [-0.4, -0.2) is 12.1 Å². The minimum atomic E-state index is -0.432. The maximum absolute atomic E-state index is 14.3. The maximum atomic E-state index is 14.3. The van der Waals surface area contributed by atoms with Gasteiger partial charge in [0.1, 0.15) is 0 Å². The van der Waals surface area contributed by atoms with E-state index < -0.39 is 10.8 Å². The van der Waals surface area contributed by atoms with Gasteiger partial charge in [0.05, 0.1) is 10.4 Å². The molecule has 0 bridgehead atoms. The average Bonchev–Trinajstić information content (AvgIpc) is 3.25. The molecular weight excluding hydrogens is 468 g/mol. The second-order valence-corrected chi connectivity index (χ2v) is 12.4. The van der Waals surface area contributed by atoms with Gasteiger partial charge in [0.25, 0.3) is 0 Å². The number of para-hydroxylation sites is 2. The summed E-state index contributed by atoms with van der Waals surface area (Å²) < 4.78 is 0. The van der Waals surface area contributed by atoms with Crippen molar-refractivity contribution in [3.8, 4) is 0 Å². The monoisotopic (exact) mass is 510 g/mol. The van der Waals surface area contributed by atoms with Gasteiger partial charge in [-0.3, -0.25) is 9.59 Å². The molecular formula is C34H42N2O2. The Morgan fingerprint density at radius 2 is 0.974 bits per heavy atom. The predicted molar refractivity (Wildman–Crippen MR) is 160 cm³/mol. The highest BCUT2D eigenvalue weighted by Gasteiger charge is 2.46. The van der Waals surface area contributed by atoms with Crippen LogP contribution in [0.2, 0.25) is 0 Å². The molecule has 0 fully saturated rings. The first kappa shape index (κ1) is 26.5. The van der Waals surface area contributed by atoms with Crippen molar-refractivity contribution in [1.82, 2.24) is 0 Å². The van der Waals surface area contributed by atoms with Crippen LogP contribution in [0.15, 0.2) is 58.1 Å². The SMILES string of the molecule is CCCC(C)N1C(=c2c(=O)c(=C3N(C(C)CCC)c4ccccc4C3(C)C)c2=O)C(C)(C)c2ccccc21. The Kier molecular flexibility index (Phi) is 6.44. The van der Waals surface area contributed by atoms with Gasteiger partial charge >= 0.3 is 0 Å². The topological polar surface area (TPSA) is 40.6 Å². The number of anilines is 2. The molecule has 38 heavy (non-hydrogen) atoms. The lowest BCUT2D eigenvalue weighted by Gasteiger charge is -2.34. The third kappa shape index (κ3) is 3.56. The molecule has 0 aliphatic carbocycles. The zero-order valence-corrected chi connectivity index (χ0v) is 24.3. The zero-order chi connectivity index (χ0) is 27.6. The molecule has 0 N–H and O–H groups in total. The maximum Gasteiger partial charge on any atom is 0.204 e. The van der Waals surface area contributed by atoms with E-state index in [0.717, 1.165) is 48.5 Å². The van der Waals surface area contributed by atoms with Gasteiger partial charge in [-0.2, -0.15) is 0 Å². The summed E-state index contributed by atoms with van der Waals surface area (Å²) in [7, 11) is 0. The van der Waals surface area contributed by atoms with Crippen LogP contribution in [0.4, 0.5) is 11.4 Å². The molecule has 5 rings (SSSR count). The van der Waals surface area contributed by atoms with Crippen molar-refractivity contribution in [3.05, 3.63) is 90.5 Å². The first-order chi connectivity index (χ1) is 18.0. The van der Waals surface area contributed by atoms with Crippen LogP contribution < -0.4 is 31.1 Å². The van der Waals surface area contributed by atoms with Gasteiger partial charge in [0, 0.05) is 45.7 Å². The van der Waals surface area contributed by atoms with Crippen LogP contribution in [0.3, 0.4) is 0 Å². The van der Waals surface area contributed by atoms with Gasteiger partial charge < -0.3 is 9.80 Å². The van der Waals surface area contributed by atoms with Gasteiger partial charge in [0.2, 0.25) is 10.9 Å². The van der Waals surface area contributed by atoms with E-state index in [1.165, 1.54) is 11.1 Å². The molecule has 0 saturated heterocycles. The fraction of sp³-hybridized carbons (Fsp3) is 0.471. The molecule has 4 nitrogen and oxygen atoms in total. The van der Waals surface area contributed by atoms with Gasteiger partial charge in [-0.1, -0.05) is 90.8 Å². The Morgan fingerprint density at radius 3 is 1.32 bits per heavy atom. The summed E-state index contributed by atoms with van der Waals surface area (Å²) in [6, 6.07) is 17.2. The number of rotatable bonds is 6. The molecule has 200 valence electrons. The van der Waals surface area contributed by atoms with Crippen LogP contribution in [0.25, 0.3) is 11.4 Å². The predicted octanol–water partition coefficient (Wildman–Crippen LogP) is 5.47. The van der Waals surface area contributed by atoms with Crippen LogP contribution in [-0.2, 0) is 10.8 Å². The number of benzene rings is 2. The summed E-state index contributed by atoms with van der Waals surface area (Å²) in [4.78, 5) is 33.2. The van der Waals surface area contributed by atoms with Crippen LogP contribution in [0.5, 0.6) is 0 Å². The summed E-state index contributed by atoms with van der Waals surface area (Å²) in [5.74, 6) is 0. The van der Waals surface area contributed by atoms with E-state index in [9.17, 15) is 9.59 Å². The highest BCUT2D eigenvalue weighted by Crippen LogP contribution is 2.50. The van der Waals surface area contributed by atoms with Crippen molar-refractivity contribution < 1.29 is 0 Å². The van der Waals surface area contributed by atoms with Gasteiger partial charge in [-0.05, 0) is 49.9 Å². The Hall–Kier alpha value is -3.14. The number of hydrogen-bond acceptors (Lipinski definition) is 4. The van der Waals surface area contributed by atoms with Crippen molar-refractivity contribution in [2.75, 3.05) is 9.80 Å². The quantitative estimate of drug-likeness (QED) is 0.441. The molecule has 0 radical (unpaired) electrons. The molecule has 2 atom stereocenters. The van der Waals surface area contributed by atoms with E-state index in [-0.39, 0.29) is 22.9 Å². The van der Waals surface area contributed by atoms with Crippen LogP contribution in [0, 0.1) is 0 Å². The standard InChI is InChI=1S/C34H42N2O2/c1-9-15-21(3)35-25-19-13-11-17-23(25)33(5,6)31(35)27-29(37)28(30(27)38)32-34(7,8)24-18-12-14-20-26(24)36(32)22(4)16-10-2/h11-14,17-22H,9-10,15-16H2,1-8H3. The summed E-state index contributed by atoms with van der Waals surface area (Å²) in [6.07, 6.45) is 4.05. The fourth-order valence-corrected chi connectivity index (χ4v) is 7.22. The minimum absolute atomic E-state index is 0.0934. The van der Waals surface area contributed by atoms with Gasteiger partial charge in [0.15, 0.2) is 0 Å². The molecule has 3 aromatic rings. The lowest BCUT2D eigenvalue weighted by molar-refractivity contribution is 0.612. The molecule has 4 heteroatoms. The van der Waals surface area contributed by atoms with Crippen molar-refractivity contribution in [2.45, 2.75) is 104 Å². The molecule has 0 saturated carbocycles. The Bertz CT molecular complexity index is 1440. The summed E-state index contributed by atoms with van der Waals surface area (Å²) in [5, 5.41) is 0.762. The second kappa shape index (κ2) is 9.25. The zero-order valence-electron chi connectivity index (χ0n) is 24.3. The largest absolute Gasteiger partial charge is 0.340 e. The van der Waals surface area contributed by atoms with Crippen molar-refractivity contribution in [2.24, 2.45) is 0 Å². The Morgan fingerprint density at radius 1 is 0.632 bits per heavy atom. The van der Waals surface area contributed by atoms with E-state index in [2.05, 4.69) is 114 Å². The van der Waals surface area contributed by atoms with Gasteiger partial charge in [-0.25, -0.2) is 0 Å². The molecule has 0 spiro atoms. The lowest BCUT2D eigenvalue weighted by Crippen LogP contribution is -2.69. The molecule has 0 amide bonds. The Labute approximate surface area is 227 Å². The van der Waals surface area contributed by atoms with Crippen LogP contribution >= 0.6 is 0 Å². The molecule has 2 unspecified atom stereocenters. The minimum Gasteiger partial charge on any atom is -0.340 e. The molecule has 2 aliphatic rings. The number of fused-ring (bicyclic) bond motifs is 2. The van der Waals surface area contributed by atoms with Gasteiger partial charge in [-0.15, -0.1) is 0 Å². The average molecular weight is 511 g/mol. The fourth-order valence-electron chi connectivity index (χ4n) is 7.22. The third-order valence-electron chi connectivity index (χ3n) is 9.02. The molecule has 2 heterocycles. The number of hydrogen-bond donors (Lipinski definition) is 0. The summed E-state index contributed by atoms with van der Waals surface area (Å²) in [6.45, 7) is 17.4.